The monoisotopic (exact) mass is 362 g/mol. The van der Waals surface area contributed by atoms with Crippen LogP contribution in [0.2, 0.25) is 0 Å². The molecule has 3 aliphatic heterocycles. The Hall–Kier alpha value is -2.39. The minimum absolute atomic E-state index is 0.00789. The Morgan fingerprint density at radius 2 is 2.04 bits per heavy atom. The van der Waals surface area contributed by atoms with Gasteiger partial charge in [0, 0.05) is 30.8 Å². The molecular formula is C17H22N4O5. The number of carbonyl (C=O) groups excluding carboxylic acids is 3. The van der Waals surface area contributed by atoms with Crippen LogP contribution in [0, 0.1) is 5.92 Å². The van der Waals surface area contributed by atoms with Crippen LogP contribution in [0.3, 0.4) is 0 Å². The van der Waals surface area contributed by atoms with E-state index in [9.17, 15) is 14.4 Å². The molecule has 9 nitrogen and oxygen atoms in total. The van der Waals surface area contributed by atoms with Crippen molar-refractivity contribution < 1.29 is 23.9 Å². The van der Waals surface area contributed by atoms with Gasteiger partial charge in [-0.1, -0.05) is 6.92 Å². The van der Waals surface area contributed by atoms with E-state index < -0.39 is 17.7 Å². The highest BCUT2D eigenvalue weighted by molar-refractivity contribution is 6.25. The summed E-state index contributed by atoms with van der Waals surface area (Å²) in [6.07, 6.45) is -0.571. The third-order valence-electron chi connectivity index (χ3n) is 6.20. The number of rotatable bonds is 4. The first-order valence-corrected chi connectivity index (χ1v) is 8.60. The summed E-state index contributed by atoms with van der Waals surface area (Å²) in [4.78, 5) is 41.3. The van der Waals surface area contributed by atoms with Crippen molar-refractivity contribution in [3.63, 3.8) is 0 Å². The number of nitrogens with zero attached hydrogens (tertiary/aromatic N) is 2. The number of hydrogen-bond donors (Lipinski definition) is 2. The maximum atomic E-state index is 13.1. The number of Topliss-reactive ketones (excluding diaryl/α,β-unsaturated/α-hetero) is 2. The van der Waals surface area contributed by atoms with E-state index >= 15 is 0 Å². The molecule has 0 radical (unpaired) electrons. The molecule has 9 heteroatoms. The standard InChI is InChI=1S/C17H22N4O5/c1-4-7-11(18)14(23)10-8(6-26-16(19)24)17(25-3)15-9(20(15)2)5-21(17)12(10)13(7)22/h8-9,15H,4-6,18H2,1-3H3,(H2,19,24)/t8-,9+,15+,17-,20?/m1/s1. The van der Waals surface area contributed by atoms with Crippen LogP contribution < -0.4 is 11.5 Å². The highest BCUT2D eigenvalue weighted by Gasteiger charge is 2.75. The molecule has 1 unspecified atom stereocenters. The summed E-state index contributed by atoms with van der Waals surface area (Å²) >= 11 is 0. The molecule has 0 spiro atoms. The van der Waals surface area contributed by atoms with Gasteiger partial charge in [0.1, 0.15) is 6.61 Å². The number of carbonyl (C=O) groups is 3. The van der Waals surface area contributed by atoms with Crippen LogP contribution in [0.15, 0.2) is 22.5 Å². The van der Waals surface area contributed by atoms with Crippen molar-refractivity contribution in [2.24, 2.45) is 17.4 Å². The Balaban J connectivity index is 1.85. The fourth-order valence-corrected chi connectivity index (χ4v) is 5.02. The van der Waals surface area contributed by atoms with Crippen molar-refractivity contribution >= 4 is 17.7 Å². The van der Waals surface area contributed by atoms with Gasteiger partial charge < -0.3 is 25.8 Å². The van der Waals surface area contributed by atoms with Crippen LogP contribution in [0.25, 0.3) is 0 Å². The SMILES string of the molecule is CCC1=C(N)C(=O)C2=C(C1=O)N1C[C@H]3[C@H](N3C)[C@]1(OC)[C@@H]2COC(N)=O. The largest absolute Gasteiger partial charge is 0.449 e. The second-order valence-corrected chi connectivity index (χ2v) is 7.09. The first-order valence-electron chi connectivity index (χ1n) is 8.60. The molecule has 4 aliphatic rings. The van der Waals surface area contributed by atoms with Gasteiger partial charge in [0.05, 0.1) is 23.4 Å². The van der Waals surface area contributed by atoms with Crippen LogP contribution in [0.4, 0.5) is 4.79 Å². The molecule has 4 rings (SSSR count). The number of hydrogen-bond acceptors (Lipinski definition) is 8. The van der Waals surface area contributed by atoms with Gasteiger partial charge in [0.25, 0.3) is 0 Å². The Morgan fingerprint density at radius 3 is 2.62 bits per heavy atom. The summed E-state index contributed by atoms with van der Waals surface area (Å²) in [7, 11) is 3.51. The molecule has 0 saturated carbocycles. The van der Waals surface area contributed by atoms with E-state index in [1.165, 1.54) is 0 Å². The molecule has 0 bridgehead atoms. The number of nitrogens with two attached hydrogens (primary N) is 2. The van der Waals surface area contributed by atoms with Crippen LogP contribution in [-0.4, -0.2) is 72.6 Å². The Morgan fingerprint density at radius 1 is 1.35 bits per heavy atom. The van der Waals surface area contributed by atoms with Gasteiger partial charge in [0.15, 0.2) is 5.72 Å². The highest BCUT2D eigenvalue weighted by atomic mass is 16.6. The molecule has 0 aromatic carbocycles. The molecule has 1 aliphatic carbocycles. The number of methoxy groups -OCH3 is 1. The van der Waals surface area contributed by atoms with E-state index in [2.05, 4.69) is 4.90 Å². The van der Waals surface area contributed by atoms with Crippen LogP contribution in [-0.2, 0) is 19.1 Å². The number of ketones is 2. The fourth-order valence-electron chi connectivity index (χ4n) is 5.02. The molecule has 3 heterocycles. The van der Waals surface area contributed by atoms with Crippen molar-refractivity contribution in [1.29, 1.82) is 0 Å². The van der Waals surface area contributed by atoms with Crippen molar-refractivity contribution in [2.75, 3.05) is 27.3 Å². The zero-order valence-corrected chi connectivity index (χ0v) is 14.9. The van der Waals surface area contributed by atoms with Gasteiger partial charge in [-0.05, 0) is 13.5 Å². The van der Waals surface area contributed by atoms with Gasteiger partial charge in [-0.25, -0.2) is 4.79 Å². The topological polar surface area (TPSA) is 128 Å². The van der Waals surface area contributed by atoms with Gasteiger partial charge in [-0.2, -0.15) is 0 Å². The maximum Gasteiger partial charge on any atom is 0.404 e. The summed E-state index contributed by atoms with van der Waals surface area (Å²) in [5, 5.41) is 0. The summed E-state index contributed by atoms with van der Waals surface area (Å²) in [5.41, 5.74) is 11.1. The molecule has 2 saturated heterocycles. The molecule has 0 aromatic heterocycles. The Kier molecular flexibility index (Phi) is 3.48. The third kappa shape index (κ3) is 1.79. The number of fused-ring (bicyclic) bond motifs is 4. The maximum absolute atomic E-state index is 13.1. The van der Waals surface area contributed by atoms with Gasteiger partial charge in [-0.3, -0.25) is 14.5 Å². The van der Waals surface area contributed by atoms with Crippen molar-refractivity contribution in [3.05, 3.63) is 22.5 Å². The third-order valence-corrected chi connectivity index (χ3v) is 6.20. The van der Waals surface area contributed by atoms with E-state index in [-0.39, 0.29) is 41.5 Å². The predicted molar refractivity (Wildman–Crippen MR) is 89.4 cm³/mol. The quantitative estimate of drug-likeness (QED) is 0.485. The number of amides is 1. The second kappa shape index (κ2) is 5.31. The Bertz CT molecular complexity index is 803. The molecular weight excluding hydrogens is 340 g/mol. The lowest BCUT2D eigenvalue weighted by molar-refractivity contribution is -0.144. The number of allylic oxidation sites excluding steroid dienone is 2. The molecule has 140 valence electrons. The lowest BCUT2D eigenvalue weighted by atomic mass is 9.82. The number of ether oxygens (including phenoxy) is 2. The molecule has 2 fully saturated rings. The summed E-state index contributed by atoms with van der Waals surface area (Å²) in [6.45, 7) is 2.21. The van der Waals surface area contributed by atoms with Crippen molar-refractivity contribution in [1.82, 2.24) is 9.80 Å². The normalized spacial score (nSPS) is 37.7. The zero-order chi connectivity index (χ0) is 19.0. The number of piperazine rings is 1. The predicted octanol–water partition coefficient (Wildman–Crippen LogP) is -0.919. The Labute approximate surface area is 150 Å². The lowest BCUT2D eigenvalue weighted by Crippen LogP contribution is -2.55. The van der Waals surface area contributed by atoms with E-state index in [0.717, 1.165) is 0 Å². The fraction of sp³-hybridized carbons (Fsp3) is 0.588. The van der Waals surface area contributed by atoms with Gasteiger partial charge in [-0.15, -0.1) is 0 Å². The molecule has 0 aromatic rings. The number of primary amides is 1. The highest BCUT2D eigenvalue weighted by Crippen LogP contribution is 2.59. The molecule has 1 amide bonds. The molecule has 5 atom stereocenters. The van der Waals surface area contributed by atoms with E-state index in [0.29, 0.717) is 24.2 Å². The first kappa shape index (κ1) is 17.0. The minimum Gasteiger partial charge on any atom is -0.449 e. The van der Waals surface area contributed by atoms with Crippen molar-refractivity contribution in [3.8, 4) is 0 Å². The van der Waals surface area contributed by atoms with E-state index in [4.69, 9.17) is 20.9 Å². The van der Waals surface area contributed by atoms with Crippen LogP contribution >= 0.6 is 0 Å². The average Bonchev–Trinajstić information content (AvgIpc) is 3.00. The summed E-state index contributed by atoms with van der Waals surface area (Å²) in [5.74, 6) is -1.27. The van der Waals surface area contributed by atoms with Gasteiger partial charge >= 0.3 is 6.09 Å². The average molecular weight is 362 g/mol. The lowest BCUT2D eigenvalue weighted by Gasteiger charge is -2.40. The number of likely N-dealkylation sites (N-methyl/N-ethyl adjacent to an activating group) is 1. The second-order valence-electron chi connectivity index (χ2n) is 7.09. The van der Waals surface area contributed by atoms with Crippen molar-refractivity contribution in [2.45, 2.75) is 31.2 Å². The minimum atomic E-state index is -0.950. The van der Waals surface area contributed by atoms with E-state index in [1.54, 1.807) is 14.0 Å². The summed E-state index contributed by atoms with van der Waals surface area (Å²) in [6, 6.07) is 0.211. The smallest absolute Gasteiger partial charge is 0.404 e. The first-order chi connectivity index (χ1) is 12.3. The van der Waals surface area contributed by atoms with Crippen LogP contribution in [0.5, 0.6) is 0 Å². The van der Waals surface area contributed by atoms with Crippen LogP contribution in [0.1, 0.15) is 13.3 Å². The molecule has 26 heavy (non-hydrogen) atoms. The summed E-state index contributed by atoms with van der Waals surface area (Å²) < 4.78 is 11.0. The van der Waals surface area contributed by atoms with E-state index in [1.807, 2.05) is 11.9 Å². The van der Waals surface area contributed by atoms with Gasteiger partial charge in [0.2, 0.25) is 11.6 Å². The molecule has 4 N–H and O–H groups in total. The zero-order valence-electron chi connectivity index (χ0n) is 14.9.